The first-order valence-electron chi connectivity index (χ1n) is 15.1. The highest BCUT2D eigenvalue weighted by molar-refractivity contribution is 5.76. The van der Waals surface area contributed by atoms with E-state index in [2.05, 4.69) is 41.0 Å². The van der Waals surface area contributed by atoms with Crippen molar-refractivity contribution in [2.24, 2.45) is 5.73 Å². The van der Waals surface area contributed by atoms with E-state index in [1.807, 2.05) is 0 Å². The zero-order valence-electron chi connectivity index (χ0n) is 23.9. The van der Waals surface area contributed by atoms with E-state index in [1.165, 1.54) is 82.6 Å². The van der Waals surface area contributed by atoms with E-state index in [4.69, 9.17) is 15.2 Å². The number of hydrogen-bond donors (Lipinski definition) is 3. The molecule has 0 spiro atoms. The fourth-order valence-electron chi connectivity index (χ4n) is 4.36. The van der Waals surface area contributed by atoms with Gasteiger partial charge in [-0.3, -0.25) is 9.59 Å². The van der Waals surface area contributed by atoms with E-state index in [0.29, 0.717) is 58.9 Å². The van der Waals surface area contributed by atoms with E-state index in [0.717, 1.165) is 12.8 Å². The SMILES string of the molecule is NCCOCCC(=O)NCCOCCNC(=O)CCCCCCCCCCCCCCCc1ccccc1. The molecule has 1 aromatic carbocycles. The van der Waals surface area contributed by atoms with Crippen molar-refractivity contribution in [1.29, 1.82) is 0 Å². The minimum absolute atomic E-state index is 0.0600. The summed E-state index contributed by atoms with van der Waals surface area (Å²) in [6.45, 7) is 3.16. The predicted molar refractivity (Wildman–Crippen MR) is 156 cm³/mol. The third-order valence-corrected chi connectivity index (χ3v) is 6.58. The first kappa shape index (κ1) is 34.1. The quantitative estimate of drug-likeness (QED) is 0.133. The Kier molecular flexibility index (Phi) is 23.9. The van der Waals surface area contributed by atoms with Crippen LogP contribution in [-0.4, -0.2) is 57.9 Å². The smallest absolute Gasteiger partial charge is 0.222 e. The Morgan fingerprint density at radius 3 is 1.61 bits per heavy atom. The Morgan fingerprint density at radius 1 is 0.579 bits per heavy atom. The van der Waals surface area contributed by atoms with Gasteiger partial charge in [0.15, 0.2) is 0 Å². The van der Waals surface area contributed by atoms with Gasteiger partial charge in [0.25, 0.3) is 0 Å². The molecule has 0 saturated carbocycles. The average Bonchev–Trinajstić information content (AvgIpc) is 2.93. The number of hydrogen-bond acceptors (Lipinski definition) is 5. The molecule has 1 aromatic rings. The van der Waals surface area contributed by atoms with Crippen LogP contribution < -0.4 is 16.4 Å². The van der Waals surface area contributed by atoms with Crippen LogP contribution in [0, 0.1) is 0 Å². The van der Waals surface area contributed by atoms with Gasteiger partial charge in [0, 0.05) is 32.5 Å². The Balaban J connectivity index is 1.73. The fourth-order valence-corrected chi connectivity index (χ4v) is 4.36. The van der Waals surface area contributed by atoms with E-state index < -0.39 is 0 Å². The normalized spacial score (nSPS) is 11.0. The summed E-state index contributed by atoms with van der Waals surface area (Å²) in [7, 11) is 0. The Labute approximate surface area is 232 Å². The van der Waals surface area contributed by atoms with Crippen LogP contribution >= 0.6 is 0 Å². The summed E-state index contributed by atoms with van der Waals surface area (Å²) in [4.78, 5) is 23.5. The summed E-state index contributed by atoms with van der Waals surface area (Å²) >= 11 is 0. The molecular weight excluding hydrogens is 478 g/mol. The highest BCUT2D eigenvalue weighted by Crippen LogP contribution is 2.14. The number of benzene rings is 1. The third kappa shape index (κ3) is 23.2. The fraction of sp³-hybridized carbons (Fsp3) is 0.742. The zero-order valence-corrected chi connectivity index (χ0v) is 23.9. The second-order valence-corrected chi connectivity index (χ2v) is 10.0. The molecule has 1 rings (SSSR count). The van der Waals surface area contributed by atoms with Crippen molar-refractivity contribution in [3.05, 3.63) is 35.9 Å². The molecule has 218 valence electrons. The van der Waals surface area contributed by atoms with Crippen LogP contribution in [0.1, 0.15) is 102 Å². The molecule has 0 saturated heterocycles. The lowest BCUT2D eigenvalue weighted by molar-refractivity contribution is -0.122. The van der Waals surface area contributed by atoms with Crippen LogP contribution in [0.2, 0.25) is 0 Å². The van der Waals surface area contributed by atoms with Gasteiger partial charge in [-0.05, 0) is 24.8 Å². The Morgan fingerprint density at radius 2 is 1.05 bits per heavy atom. The Bertz CT molecular complexity index is 672. The molecule has 38 heavy (non-hydrogen) atoms. The van der Waals surface area contributed by atoms with Crippen molar-refractivity contribution in [1.82, 2.24) is 10.6 Å². The van der Waals surface area contributed by atoms with Gasteiger partial charge in [-0.2, -0.15) is 0 Å². The lowest BCUT2D eigenvalue weighted by Crippen LogP contribution is -2.30. The van der Waals surface area contributed by atoms with E-state index in [-0.39, 0.29) is 11.8 Å². The maximum absolute atomic E-state index is 11.9. The van der Waals surface area contributed by atoms with Crippen LogP contribution in [0.15, 0.2) is 30.3 Å². The molecule has 4 N–H and O–H groups in total. The van der Waals surface area contributed by atoms with Crippen LogP contribution in [0.25, 0.3) is 0 Å². The number of unbranched alkanes of at least 4 members (excludes halogenated alkanes) is 12. The molecule has 0 aromatic heterocycles. The molecule has 0 heterocycles. The molecule has 0 aliphatic carbocycles. The molecule has 0 aliphatic heterocycles. The second kappa shape index (κ2) is 26.6. The number of nitrogens with two attached hydrogens (primary N) is 1. The van der Waals surface area contributed by atoms with Crippen molar-refractivity contribution in [3.63, 3.8) is 0 Å². The first-order valence-corrected chi connectivity index (χ1v) is 15.1. The molecule has 7 heteroatoms. The van der Waals surface area contributed by atoms with Crippen LogP contribution in [0.4, 0.5) is 0 Å². The molecule has 0 fully saturated rings. The summed E-state index contributed by atoms with van der Waals surface area (Å²) < 4.78 is 10.6. The standard InChI is InChI=1S/C31H55N3O4/c32-22-26-37-25-21-31(36)34-24-28-38-27-23-33-30(35)20-16-11-9-7-5-3-1-2-4-6-8-10-13-17-29-18-14-12-15-19-29/h12,14-15,18-19H,1-11,13,16-17,20-28,32H2,(H,33,35)(H,34,36). The van der Waals surface area contributed by atoms with Crippen molar-refractivity contribution in [2.75, 3.05) is 46.1 Å². The van der Waals surface area contributed by atoms with Gasteiger partial charge in [-0.1, -0.05) is 101 Å². The molecular formula is C31H55N3O4. The van der Waals surface area contributed by atoms with Gasteiger partial charge >= 0.3 is 0 Å². The maximum Gasteiger partial charge on any atom is 0.222 e. The number of ether oxygens (including phenoxy) is 2. The molecule has 0 aliphatic rings. The Hall–Kier alpha value is -1.96. The highest BCUT2D eigenvalue weighted by atomic mass is 16.5. The number of rotatable bonds is 27. The van der Waals surface area contributed by atoms with Gasteiger partial charge < -0.3 is 25.8 Å². The van der Waals surface area contributed by atoms with Gasteiger partial charge in [0.2, 0.25) is 11.8 Å². The molecule has 2 amide bonds. The summed E-state index contributed by atoms with van der Waals surface area (Å²) in [6.07, 6.45) is 19.0. The maximum atomic E-state index is 11.9. The lowest BCUT2D eigenvalue weighted by atomic mass is 10.0. The number of nitrogens with one attached hydrogen (secondary N) is 2. The van der Waals surface area contributed by atoms with Crippen LogP contribution in [0.5, 0.6) is 0 Å². The van der Waals surface area contributed by atoms with Gasteiger partial charge in [0.1, 0.15) is 0 Å². The topological polar surface area (TPSA) is 103 Å². The number of carbonyl (C=O) groups excluding carboxylic acids is 2. The predicted octanol–water partition coefficient (Wildman–Crippen LogP) is 5.30. The van der Waals surface area contributed by atoms with Crippen LogP contribution in [-0.2, 0) is 25.5 Å². The van der Waals surface area contributed by atoms with Crippen molar-refractivity contribution < 1.29 is 19.1 Å². The van der Waals surface area contributed by atoms with Crippen molar-refractivity contribution >= 4 is 11.8 Å². The minimum atomic E-state index is -0.0600. The van der Waals surface area contributed by atoms with Gasteiger partial charge in [-0.15, -0.1) is 0 Å². The summed E-state index contributed by atoms with van der Waals surface area (Å²) in [5, 5.41) is 5.67. The molecule has 7 nitrogen and oxygen atoms in total. The minimum Gasteiger partial charge on any atom is -0.380 e. The summed E-state index contributed by atoms with van der Waals surface area (Å²) in [5.74, 6) is 0.0367. The monoisotopic (exact) mass is 533 g/mol. The summed E-state index contributed by atoms with van der Waals surface area (Å²) in [6, 6.07) is 10.8. The van der Waals surface area contributed by atoms with Gasteiger partial charge in [0.05, 0.1) is 26.4 Å². The van der Waals surface area contributed by atoms with E-state index >= 15 is 0 Å². The molecule has 0 radical (unpaired) electrons. The zero-order chi connectivity index (χ0) is 27.4. The number of carbonyl (C=O) groups is 2. The van der Waals surface area contributed by atoms with Crippen molar-refractivity contribution in [2.45, 2.75) is 103 Å². The lowest BCUT2D eigenvalue weighted by Gasteiger charge is -2.08. The molecule has 0 atom stereocenters. The van der Waals surface area contributed by atoms with Crippen LogP contribution in [0.3, 0.4) is 0 Å². The molecule has 0 bridgehead atoms. The number of aryl methyl sites for hydroxylation is 1. The largest absolute Gasteiger partial charge is 0.380 e. The summed E-state index contributed by atoms with van der Waals surface area (Å²) in [5.41, 5.74) is 6.78. The molecule has 0 unspecified atom stereocenters. The van der Waals surface area contributed by atoms with E-state index in [1.54, 1.807) is 0 Å². The van der Waals surface area contributed by atoms with Gasteiger partial charge in [-0.25, -0.2) is 0 Å². The van der Waals surface area contributed by atoms with E-state index in [9.17, 15) is 9.59 Å². The highest BCUT2D eigenvalue weighted by Gasteiger charge is 2.02. The van der Waals surface area contributed by atoms with Crippen molar-refractivity contribution in [3.8, 4) is 0 Å². The number of amides is 2. The average molecular weight is 534 g/mol. The third-order valence-electron chi connectivity index (χ3n) is 6.58. The first-order chi connectivity index (χ1) is 18.7. The second-order valence-electron chi connectivity index (χ2n) is 10.0.